The molecule has 108 valence electrons. The first-order chi connectivity index (χ1) is 9.56. The molecule has 2 aromatic rings. The van der Waals surface area contributed by atoms with Gasteiger partial charge in [-0.1, -0.05) is 11.6 Å². The highest BCUT2D eigenvalue weighted by atomic mass is 35.5. The van der Waals surface area contributed by atoms with E-state index >= 15 is 0 Å². The molecule has 4 heteroatoms. The van der Waals surface area contributed by atoms with Crippen LogP contribution in [-0.4, -0.2) is 24.6 Å². The van der Waals surface area contributed by atoms with E-state index in [0.29, 0.717) is 6.61 Å². The largest absolute Gasteiger partial charge is 0.373 e. The Morgan fingerprint density at radius 3 is 2.90 bits per heavy atom. The summed E-state index contributed by atoms with van der Waals surface area (Å²) in [7, 11) is 2.18. The molecule has 2 nitrogen and oxygen atoms in total. The van der Waals surface area contributed by atoms with Gasteiger partial charge in [0.25, 0.3) is 0 Å². The number of benzene rings is 1. The van der Waals surface area contributed by atoms with Crippen molar-refractivity contribution >= 4 is 33.0 Å². The van der Waals surface area contributed by atoms with Crippen molar-refractivity contribution in [1.29, 1.82) is 0 Å². The minimum Gasteiger partial charge on any atom is -0.373 e. The van der Waals surface area contributed by atoms with E-state index in [0.717, 1.165) is 24.5 Å². The molecular formula is C16H20ClNOS. The molecule has 1 aromatic heterocycles. The third-order valence-electron chi connectivity index (χ3n) is 3.81. The maximum absolute atomic E-state index is 6.42. The molecule has 0 bridgehead atoms. The second-order valence-electron chi connectivity index (χ2n) is 5.75. The van der Waals surface area contributed by atoms with Crippen LogP contribution in [-0.2, 0) is 24.3 Å². The van der Waals surface area contributed by atoms with Crippen LogP contribution in [0.25, 0.3) is 10.1 Å². The van der Waals surface area contributed by atoms with Gasteiger partial charge in [0.1, 0.15) is 0 Å². The van der Waals surface area contributed by atoms with E-state index in [9.17, 15) is 0 Å². The van der Waals surface area contributed by atoms with Gasteiger partial charge in [-0.05, 0) is 50.6 Å². The zero-order valence-corrected chi connectivity index (χ0v) is 13.8. The van der Waals surface area contributed by atoms with Crippen LogP contribution in [0.5, 0.6) is 0 Å². The molecule has 0 radical (unpaired) electrons. The van der Waals surface area contributed by atoms with Crippen LogP contribution in [0.15, 0.2) is 12.1 Å². The normalized spacial score (nSPS) is 16.1. The van der Waals surface area contributed by atoms with Gasteiger partial charge >= 0.3 is 0 Å². The Balaban J connectivity index is 2.12. The first kappa shape index (κ1) is 14.3. The molecule has 0 saturated heterocycles. The second-order valence-corrected chi connectivity index (χ2v) is 7.29. The topological polar surface area (TPSA) is 12.5 Å². The lowest BCUT2D eigenvalue weighted by atomic mass is 10.0. The molecule has 20 heavy (non-hydrogen) atoms. The summed E-state index contributed by atoms with van der Waals surface area (Å²) >= 11 is 8.28. The van der Waals surface area contributed by atoms with Gasteiger partial charge in [-0.2, -0.15) is 0 Å². The number of likely N-dealkylation sites (N-methyl/N-ethyl adjacent to an activating group) is 1. The van der Waals surface area contributed by atoms with Crippen LogP contribution < -0.4 is 0 Å². The van der Waals surface area contributed by atoms with E-state index in [1.54, 1.807) is 0 Å². The van der Waals surface area contributed by atoms with Crippen molar-refractivity contribution in [2.75, 3.05) is 13.6 Å². The maximum Gasteiger partial charge on any atom is 0.0816 e. The lowest BCUT2D eigenvalue weighted by molar-refractivity contribution is 0.0668. The van der Waals surface area contributed by atoms with E-state index in [1.165, 1.54) is 26.1 Å². The highest BCUT2D eigenvalue weighted by Crippen LogP contribution is 2.39. The molecule has 0 saturated carbocycles. The van der Waals surface area contributed by atoms with Crippen molar-refractivity contribution in [2.45, 2.75) is 39.5 Å². The Bertz CT molecular complexity index is 635. The smallest absolute Gasteiger partial charge is 0.0816 e. The number of thiophene rings is 1. The van der Waals surface area contributed by atoms with Crippen molar-refractivity contribution in [3.63, 3.8) is 0 Å². The molecule has 3 rings (SSSR count). The van der Waals surface area contributed by atoms with Gasteiger partial charge in [-0.15, -0.1) is 11.3 Å². The number of halogens is 1. The molecule has 0 atom stereocenters. The third-order valence-corrected chi connectivity index (χ3v) is 5.33. The van der Waals surface area contributed by atoms with E-state index < -0.39 is 0 Å². The van der Waals surface area contributed by atoms with Crippen LogP contribution >= 0.6 is 22.9 Å². The zero-order valence-electron chi connectivity index (χ0n) is 12.2. The molecule has 0 N–H and O–H groups in total. The van der Waals surface area contributed by atoms with E-state index in [1.807, 2.05) is 17.4 Å². The summed E-state index contributed by atoms with van der Waals surface area (Å²) in [5.74, 6) is 0. The number of rotatable bonds is 3. The predicted octanol–water partition coefficient (Wildman–Crippen LogP) is 4.47. The molecule has 0 unspecified atom stereocenters. The lowest BCUT2D eigenvalue weighted by Gasteiger charge is -2.14. The molecule has 0 fully saturated rings. The van der Waals surface area contributed by atoms with E-state index in [2.05, 4.69) is 31.9 Å². The highest BCUT2D eigenvalue weighted by Gasteiger charge is 2.21. The number of hydrogen-bond donors (Lipinski definition) is 0. The van der Waals surface area contributed by atoms with Crippen molar-refractivity contribution in [3.8, 4) is 0 Å². The van der Waals surface area contributed by atoms with Crippen molar-refractivity contribution in [1.82, 2.24) is 4.90 Å². The van der Waals surface area contributed by atoms with Gasteiger partial charge in [-0.25, -0.2) is 0 Å². The van der Waals surface area contributed by atoms with Gasteiger partial charge in [0.15, 0.2) is 0 Å². The fourth-order valence-corrected chi connectivity index (χ4v) is 4.19. The molecule has 1 aliphatic rings. The lowest BCUT2D eigenvalue weighted by Crippen LogP contribution is -2.19. The minimum atomic E-state index is 0.263. The van der Waals surface area contributed by atoms with Gasteiger partial charge in [0.2, 0.25) is 0 Å². The maximum atomic E-state index is 6.42. The molecule has 1 aromatic carbocycles. The van der Waals surface area contributed by atoms with Gasteiger partial charge in [-0.3, -0.25) is 0 Å². The number of hydrogen-bond acceptors (Lipinski definition) is 3. The summed E-state index contributed by atoms with van der Waals surface area (Å²) in [5, 5.41) is 2.29. The molecule has 0 spiro atoms. The van der Waals surface area contributed by atoms with Crippen LogP contribution in [0.2, 0.25) is 5.02 Å². The van der Waals surface area contributed by atoms with Crippen molar-refractivity contribution in [3.05, 3.63) is 33.2 Å². The Kier molecular flexibility index (Phi) is 4.04. The van der Waals surface area contributed by atoms with Gasteiger partial charge in [0.05, 0.1) is 12.7 Å². The van der Waals surface area contributed by atoms with Crippen LogP contribution in [0.4, 0.5) is 0 Å². The van der Waals surface area contributed by atoms with Crippen LogP contribution in [0.1, 0.15) is 29.9 Å². The first-order valence-corrected chi connectivity index (χ1v) is 8.27. The molecule has 2 heterocycles. The summed E-state index contributed by atoms with van der Waals surface area (Å²) in [6.07, 6.45) is 1.29. The quantitative estimate of drug-likeness (QED) is 0.829. The van der Waals surface area contributed by atoms with Crippen LogP contribution in [0, 0.1) is 0 Å². The van der Waals surface area contributed by atoms with E-state index in [-0.39, 0.29) is 6.10 Å². The molecule has 1 aliphatic heterocycles. The Morgan fingerprint density at radius 2 is 2.15 bits per heavy atom. The summed E-state index contributed by atoms with van der Waals surface area (Å²) in [4.78, 5) is 3.72. The summed E-state index contributed by atoms with van der Waals surface area (Å²) in [6, 6.07) is 4.19. The average Bonchev–Trinajstić information content (AvgIpc) is 2.62. The van der Waals surface area contributed by atoms with Crippen LogP contribution in [0.3, 0.4) is 0 Å². The fraction of sp³-hybridized carbons (Fsp3) is 0.500. The summed E-state index contributed by atoms with van der Waals surface area (Å²) < 4.78 is 7.17. The summed E-state index contributed by atoms with van der Waals surface area (Å²) in [5.41, 5.74) is 2.73. The minimum absolute atomic E-state index is 0.263. The van der Waals surface area contributed by atoms with Gasteiger partial charge in [0, 0.05) is 33.1 Å². The van der Waals surface area contributed by atoms with E-state index in [4.69, 9.17) is 16.3 Å². The van der Waals surface area contributed by atoms with Gasteiger partial charge < -0.3 is 9.64 Å². The average molecular weight is 310 g/mol. The fourth-order valence-electron chi connectivity index (χ4n) is 2.77. The molecule has 0 aliphatic carbocycles. The SMILES string of the molecule is CC(C)OCc1sc2ccc(Cl)c3c2c1CN(C)CC3. The molecular weight excluding hydrogens is 290 g/mol. The Hall–Kier alpha value is -0.610. The third kappa shape index (κ3) is 2.60. The Labute approximate surface area is 129 Å². The monoisotopic (exact) mass is 309 g/mol. The van der Waals surface area contributed by atoms with Crippen molar-refractivity contribution < 1.29 is 4.74 Å². The second kappa shape index (κ2) is 5.64. The number of ether oxygens (including phenoxy) is 1. The number of nitrogens with zero attached hydrogens (tertiary/aromatic N) is 1. The first-order valence-electron chi connectivity index (χ1n) is 7.08. The molecule has 0 amide bonds. The van der Waals surface area contributed by atoms with Crippen molar-refractivity contribution in [2.24, 2.45) is 0 Å². The Morgan fingerprint density at radius 1 is 1.35 bits per heavy atom. The standard InChI is InChI=1S/C16H20ClNOS/c1-10(2)19-9-15-12-8-18(3)7-6-11-13(17)4-5-14(20-15)16(11)12/h4-5,10H,6-9H2,1-3H3. The highest BCUT2D eigenvalue weighted by molar-refractivity contribution is 7.19. The summed E-state index contributed by atoms with van der Waals surface area (Å²) in [6.45, 7) is 6.92. The zero-order chi connectivity index (χ0) is 14.3. The predicted molar refractivity (Wildman–Crippen MR) is 86.8 cm³/mol.